The van der Waals surface area contributed by atoms with Gasteiger partial charge in [-0.2, -0.15) is 0 Å². The Kier molecular flexibility index (Phi) is 15.5. The van der Waals surface area contributed by atoms with Gasteiger partial charge in [0.05, 0.1) is 11.8 Å². The summed E-state index contributed by atoms with van der Waals surface area (Å²) >= 11 is 0. The van der Waals surface area contributed by atoms with Crippen molar-refractivity contribution in [3.8, 4) is 0 Å². The predicted molar refractivity (Wildman–Crippen MR) is 208 cm³/mol. The van der Waals surface area contributed by atoms with Crippen LogP contribution < -0.4 is 0 Å². The van der Waals surface area contributed by atoms with Crippen LogP contribution in [0.2, 0.25) is 0 Å². The zero-order valence-electron chi connectivity index (χ0n) is 35.1. The first-order valence-electron chi connectivity index (χ1n) is 22.6. The van der Waals surface area contributed by atoms with Crippen molar-refractivity contribution in [2.24, 2.45) is 71.0 Å². The van der Waals surface area contributed by atoms with Crippen molar-refractivity contribution in [2.45, 2.75) is 180 Å². The second-order valence-electron chi connectivity index (χ2n) is 19.2. The molecule has 2 saturated heterocycles. The topological polar surface area (TPSA) is 202 Å². The zero-order chi connectivity index (χ0) is 41.3. The minimum Gasteiger partial charge on any atom is -0.463 e. The van der Waals surface area contributed by atoms with Crippen LogP contribution in [-0.4, -0.2) is 117 Å². The van der Waals surface area contributed by atoms with E-state index in [1.165, 1.54) is 51.4 Å². The van der Waals surface area contributed by atoms with Crippen molar-refractivity contribution in [3.05, 3.63) is 0 Å². The molecule has 0 amide bonds. The molecule has 2 aliphatic heterocycles. The van der Waals surface area contributed by atoms with Crippen molar-refractivity contribution in [1.29, 1.82) is 0 Å². The van der Waals surface area contributed by atoms with Gasteiger partial charge in [0.1, 0.15) is 62.0 Å². The molecule has 0 aromatic heterocycles. The van der Waals surface area contributed by atoms with E-state index in [9.17, 15) is 40.2 Å². The molecule has 6 aliphatic rings. The van der Waals surface area contributed by atoms with E-state index >= 15 is 0 Å². The van der Waals surface area contributed by atoms with E-state index in [0.717, 1.165) is 48.3 Å². The molecule has 4 aliphatic carbocycles. The number of aliphatic hydroxyl groups excluding tert-OH is 6. The van der Waals surface area contributed by atoms with Crippen LogP contribution >= 0.6 is 0 Å². The third kappa shape index (κ3) is 11.1. The first kappa shape index (κ1) is 45.1. The minimum atomic E-state index is -1.81. The molecule has 57 heavy (non-hydrogen) atoms. The largest absolute Gasteiger partial charge is 0.463 e. The van der Waals surface area contributed by atoms with Crippen LogP contribution in [0.15, 0.2) is 0 Å². The number of carbonyl (C=O) groups is 2. The maximum absolute atomic E-state index is 13.3. The summed E-state index contributed by atoms with van der Waals surface area (Å²) in [6, 6.07) is 0. The van der Waals surface area contributed by atoms with Gasteiger partial charge in [-0.3, -0.25) is 9.59 Å². The smallest absolute Gasteiger partial charge is 0.309 e. The van der Waals surface area contributed by atoms with Crippen LogP contribution in [0, 0.1) is 71.0 Å². The summed E-state index contributed by atoms with van der Waals surface area (Å²) < 4.78 is 28.5. The molecular weight excluding hydrogens is 736 g/mol. The first-order chi connectivity index (χ1) is 27.2. The van der Waals surface area contributed by atoms with Gasteiger partial charge in [-0.25, -0.2) is 0 Å². The molecule has 6 fully saturated rings. The van der Waals surface area contributed by atoms with Gasteiger partial charge in [0.2, 0.25) is 0 Å². The van der Waals surface area contributed by atoms with Crippen LogP contribution in [-0.2, 0) is 33.3 Å². The fourth-order valence-corrected chi connectivity index (χ4v) is 10.6. The van der Waals surface area contributed by atoms with Gasteiger partial charge in [0, 0.05) is 0 Å². The number of carbonyl (C=O) groups excluding carboxylic acids is 2. The SMILES string of the molecule is CC[C@H]1C[C@H]1C[C@H]1C[C@H]1C[C@@H](C)[C@@H](CC)C(=O)OCC1OC(OC2OC(COC(=O)[C@H](CC)[C@H](C)C[C@@H]3C[C@@H]3C[C@@H]3C[C@@H]3CC)C(O)C(O)C2O)C(O)C(O)C1O. The molecule has 0 radical (unpaired) electrons. The molecule has 0 bridgehead atoms. The van der Waals surface area contributed by atoms with Crippen LogP contribution in [0.3, 0.4) is 0 Å². The van der Waals surface area contributed by atoms with Gasteiger partial charge in [0.15, 0.2) is 12.6 Å². The average molecular weight is 811 g/mol. The molecule has 0 aromatic carbocycles. The molecule has 13 nitrogen and oxygen atoms in total. The Bertz CT molecular complexity index is 1220. The van der Waals surface area contributed by atoms with Crippen molar-refractivity contribution in [2.75, 3.05) is 13.2 Å². The Morgan fingerprint density at radius 2 is 0.877 bits per heavy atom. The number of hydrogen-bond acceptors (Lipinski definition) is 13. The van der Waals surface area contributed by atoms with Crippen LogP contribution in [0.5, 0.6) is 0 Å². The standard InChI is InChI=1S/C44H74O13/c1-7-23-13-27(23)17-29-15-25(29)11-21(5)31(9-3)41(51)53-19-33-35(45)37(47)39(49)43(55-33)57-44-40(50)38(48)36(46)34(56-44)20-54-42(52)32(10-4)22(6)12-26-16-30(26)18-28-14-24(28)8-2/h21-40,43-50H,7-20H2,1-6H3/t21-,22-,23+,24+,25-,26-,27+,28+,29-,30-,31-,32-,33?,34?,35?,36?,37?,38?,39?,40?,43?,44?/m1/s1. The molecule has 0 spiro atoms. The van der Waals surface area contributed by atoms with Crippen molar-refractivity contribution >= 4 is 11.9 Å². The Morgan fingerprint density at radius 1 is 0.526 bits per heavy atom. The van der Waals surface area contributed by atoms with Gasteiger partial charge in [-0.05, 0) is 123 Å². The normalized spacial score (nSPS) is 44.4. The lowest BCUT2D eigenvalue weighted by molar-refractivity contribution is -0.376. The van der Waals surface area contributed by atoms with Crippen molar-refractivity contribution in [1.82, 2.24) is 0 Å². The molecule has 328 valence electrons. The van der Waals surface area contributed by atoms with Gasteiger partial charge in [-0.1, -0.05) is 54.4 Å². The summed E-state index contributed by atoms with van der Waals surface area (Å²) in [4.78, 5) is 26.6. The number of hydrogen-bond donors (Lipinski definition) is 6. The highest BCUT2D eigenvalue weighted by molar-refractivity contribution is 5.73. The Labute approximate surface area is 339 Å². The third-order valence-corrected chi connectivity index (χ3v) is 15.1. The fraction of sp³-hybridized carbons (Fsp3) is 0.955. The molecule has 10 unspecified atom stereocenters. The highest BCUT2D eigenvalue weighted by Crippen LogP contribution is 2.56. The number of rotatable bonds is 22. The first-order valence-corrected chi connectivity index (χ1v) is 22.6. The summed E-state index contributed by atoms with van der Waals surface area (Å²) in [6.45, 7) is 11.7. The summed E-state index contributed by atoms with van der Waals surface area (Å²) in [5.74, 6) is 4.93. The Balaban J connectivity index is 0.965. The predicted octanol–water partition coefficient (Wildman–Crippen LogP) is 3.95. The molecule has 6 rings (SSSR count). The zero-order valence-corrected chi connectivity index (χ0v) is 35.1. The number of esters is 2. The second-order valence-corrected chi connectivity index (χ2v) is 19.2. The van der Waals surface area contributed by atoms with Gasteiger partial charge < -0.3 is 54.3 Å². The summed E-state index contributed by atoms with van der Waals surface area (Å²) in [5.41, 5.74) is 0. The van der Waals surface area contributed by atoms with E-state index in [1.54, 1.807) is 0 Å². The molecule has 4 saturated carbocycles. The van der Waals surface area contributed by atoms with Gasteiger partial charge >= 0.3 is 11.9 Å². The van der Waals surface area contributed by atoms with Crippen LogP contribution in [0.25, 0.3) is 0 Å². The molecular formula is C44H74O13. The van der Waals surface area contributed by atoms with E-state index in [4.69, 9.17) is 23.7 Å². The Hall–Kier alpha value is -1.42. The summed E-state index contributed by atoms with van der Waals surface area (Å²) in [5, 5.41) is 64.5. The number of ether oxygens (including phenoxy) is 5. The van der Waals surface area contributed by atoms with Gasteiger partial charge in [0.25, 0.3) is 0 Å². The van der Waals surface area contributed by atoms with Crippen LogP contribution in [0.1, 0.15) is 119 Å². The molecule has 6 N–H and O–H groups in total. The van der Waals surface area contributed by atoms with E-state index in [0.29, 0.717) is 24.7 Å². The molecule has 22 atom stereocenters. The highest BCUT2D eigenvalue weighted by atomic mass is 16.8. The quantitative estimate of drug-likeness (QED) is 0.0860. The molecule has 13 heteroatoms. The van der Waals surface area contributed by atoms with E-state index in [2.05, 4.69) is 27.7 Å². The average Bonchev–Trinajstić information content (AvgIpc) is 4.01. The second kappa shape index (κ2) is 19.5. The van der Waals surface area contributed by atoms with E-state index in [1.807, 2.05) is 13.8 Å². The fourth-order valence-electron chi connectivity index (χ4n) is 10.6. The molecule has 2 heterocycles. The lowest BCUT2D eigenvalue weighted by atomic mass is 9.87. The summed E-state index contributed by atoms with van der Waals surface area (Å²) in [6.07, 6.45) is -3.08. The van der Waals surface area contributed by atoms with Crippen LogP contribution in [0.4, 0.5) is 0 Å². The third-order valence-electron chi connectivity index (χ3n) is 15.1. The van der Waals surface area contributed by atoms with Gasteiger partial charge in [-0.15, -0.1) is 0 Å². The minimum absolute atomic E-state index is 0.107. The van der Waals surface area contributed by atoms with Crippen molar-refractivity contribution in [3.63, 3.8) is 0 Å². The van der Waals surface area contributed by atoms with E-state index in [-0.39, 0.29) is 23.7 Å². The summed E-state index contributed by atoms with van der Waals surface area (Å²) in [7, 11) is 0. The molecule has 0 aromatic rings. The maximum Gasteiger partial charge on any atom is 0.309 e. The van der Waals surface area contributed by atoms with Crippen molar-refractivity contribution < 1.29 is 63.9 Å². The lowest BCUT2D eigenvalue weighted by Gasteiger charge is -2.44. The Morgan fingerprint density at radius 3 is 1.21 bits per heavy atom. The van der Waals surface area contributed by atoms with E-state index < -0.39 is 86.6 Å². The number of aliphatic hydroxyl groups is 6. The lowest BCUT2D eigenvalue weighted by Crippen LogP contribution is -2.64. The highest BCUT2D eigenvalue weighted by Gasteiger charge is 2.51. The maximum atomic E-state index is 13.3. The monoisotopic (exact) mass is 811 g/mol.